The Balaban J connectivity index is 1.02. The number of aromatic carboxylic acids is 1. The smallest absolute Gasteiger partial charge is 0.410 e. The highest BCUT2D eigenvalue weighted by molar-refractivity contribution is 5.94. The van der Waals surface area contributed by atoms with Crippen LogP contribution in [0.3, 0.4) is 0 Å². The molecule has 0 bridgehead atoms. The van der Waals surface area contributed by atoms with Crippen LogP contribution in [0.1, 0.15) is 79.3 Å². The third kappa shape index (κ3) is 10.9. The van der Waals surface area contributed by atoms with Gasteiger partial charge in [0.1, 0.15) is 36.3 Å². The summed E-state index contributed by atoms with van der Waals surface area (Å²) in [6.07, 6.45) is 3.62. The van der Waals surface area contributed by atoms with E-state index in [1.807, 2.05) is 44.2 Å². The fraction of sp³-hybridized carbons (Fsp3) is 0.386. The Labute approximate surface area is 357 Å². The number of aryl methyl sites for hydroxylation is 1. The minimum absolute atomic E-state index is 0.0140. The van der Waals surface area contributed by atoms with Gasteiger partial charge in [0.2, 0.25) is 11.3 Å². The number of rotatable bonds is 17. The van der Waals surface area contributed by atoms with Gasteiger partial charge in [0.05, 0.1) is 23.4 Å². The maximum absolute atomic E-state index is 15.3. The SMILES string of the molecule is CCn1cc(C(=O)O)c(=O)c2cc(F)c(N3CCN(C(=O)OCc4ccc(NC(=O)[C@H](CCCCN)n5cc([C@@H](NC(=O)OCc6ccccc6)C(C)C)nn5)cc4)CC3)cc21. The summed E-state index contributed by atoms with van der Waals surface area (Å²) in [6, 6.07) is 17.6. The van der Waals surface area contributed by atoms with E-state index in [2.05, 4.69) is 20.9 Å². The van der Waals surface area contributed by atoms with Gasteiger partial charge in [-0.2, -0.15) is 0 Å². The van der Waals surface area contributed by atoms with Crippen molar-refractivity contribution in [3.8, 4) is 0 Å². The number of nitrogens with one attached hydrogen (secondary N) is 2. The van der Waals surface area contributed by atoms with E-state index in [0.717, 1.165) is 11.6 Å². The number of amides is 3. The average Bonchev–Trinajstić information content (AvgIpc) is 3.75. The van der Waals surface area contributed by atoms with Crippen molar-refractivity contribution in [1.82, 2.24) is 29.8 Å². The number of piperazine rings is 1. The number of halogens is 1. The number of aromatic nitrogens is 4. The minimum atomic E-state index is -1.38. The summed E-state index contributed by atoms with van der Waals surface area (Å²) in [6.45, 7) is 7.74. The zero-order chi connectivity index (χ0) is 44.3. The number of anilines is 2. The third-order valence-electron chi connectivity index (χ3n) is 10.7. The van der Waals surface area contributed by atoms with Crippen LogP contribution < -0.4 is 26.7 Å². The summed E-state index contributed by atoms with van der Waals surface area (Å²) in [4.78, 5) is 67.1. The van der Waals surface area contributed by atoms with E-state index >= 15 is 4.39 Å². The van der Waals surface area contributed by atoms with Crippen LogP contribution in [0.4, 0.5) is 25.4 Å². The normalized spacial score (nSPS) is 13.8. The molecule has 1 fully saturated rings. The van der Waals surface area contributed by atoms with Crippen molar-refractivity contribution in [3.05, 3.63) is 118 Å². The molecule has 0 spiro atoms. The molecule has 5 aromatic rings. The van der Waals surface area contributed by atoms with Gasteiger partial charge in [0, 0.05) is 50.0 Å². The molecular weight excluding hydrogens is 802 g/mol. The Morgan fingerprint density at radius 1 is 0.919 bits per heavy atom. The number of carbonyl (C=O) groups excluding carboxylic acids is 3. The summed E-state index contributed by atoms with van der Waals surface area (Å²) < 4.78 is 29.5. The highest BCUT2D eigenvalue weighted by atomic mass is 19.1. The Bertz CT molecular complexity index is 2420. The zero-order valence-corrected chi connectivity index (χ0v) is 35.0. The van der Waals surface area contributed by atoms with E-state index < -0.39 is 47.0 Å². The number of unbranched alkanes of at least 4 members (excludes halogenated alkanes) is 1. The van der Waals surface area contributed by atoms with Crippen LogP contribution in [0, 0.1) is 11.7 Å². The van der Waals surface area contributed by atoms with Crippen molar-refractivity contribution in [2.45, 2.75) is 71.9 Å². The van der Waals surface area contributed by atoms with Gasteiger partial charge in [-0.05, 0) is 74.0 Å². The molecule has 6 rings (SSSR count). The van der Waals surface area contributed by atoms with Crippen molar-refractivity contribution >= 4 is 46.3 Å². The number of nitrogens with two attached hydrogens (primary N) is 1. The van der Waals surface area contributed by atoms with Crippen LogP contribution in [0.15, 0.2) is 83.9 Å². The van der Waals surface area contributed by atoms with Gasteiger partial charge in [-0.15, -0.1) is 5.10 Å². The fourth-order valence-corrected chi connectivity index (χ4v) is 7.26. The van der Waals surface area contributed by atoms with E-state index in [4.69, 9.17) is 15.2 Å². The largest absolute Gasteiger partial charge is 0.477 e. The Kier molecular flexibility index (Phi) is 14.9. The van der Waals surface area contributed by atoms with Crippen molar-refractivity contribution < 1.29 is 38.1 Å². The first-order valence-electron chi connectivity index (χ1n) is 20.6. The topological polar surface area (TPSA) is 216 Å². The molecule has 0 aliphatic carbocycles. The fourth-order valence-electron chi connectivity index (χ4n) is 7.26. The van der Waals surface area contributed by atoms with Crippen molar-refractivity contribution in [2.75, 3.05) is 42.9 Å². The lowest BCUT2D eigenvalue weighted by Crippen LogP contribution is -2.49. The van der Waals surface area contributed by atoms with Crippen LogP contribution in [0.5, 0.6) is 0 Å². The molecule has 2 aromatic heterocycles. The Morgan fingerprint density at radius 3 is 2.27 bits per heavy atom. The Morgan fingerprint density at radius 2 is 1.61 bits per heavy atom. The molecule has 1 aliphatic heterocycles. The minimum Gasteiger partial charge on any atom is -0.477 e. The molecule has 1 saturated heterocycles. The molecule has 17 nitrogen and oxygen atoms in total. The maximum Gasteiger partial charge on any atom is 0.410 e. The zero-order valence-electron chi connectivity index (χ0n) is 35.0. The highest BCUT2D eigenvalue weighted by Gasteiger charge is 2.28. The number of fused-ring (bicyclic) bond motifs is 1. The molecule has 18 heteroatoms. The molecule has 3 heterocycles. The summed E-state index contributed by atoms with van der Waals surface area (Å²) in [7, 11) is 0. The van der Waals surface area contributed by atoms with E-state index in [1.54, 1.807) is 52.9 Å². The first-order chi connectivity index (χ1) is 29.9. The molecule has 1 aliphatic rings. The van der Waals surface area contributed by atoms with Gasteiger partial charge in [0.25, 0.3) is 0 Å². The standard InChI is InChI=1S/C44H52FN9O8/c1-4-51-24-33(42(57)58)40(55)32-22-34(45)38(23-37(32)51)52-18-20-53(21-19-52)44(60)62-27-30-13-15-31(16-14-30)47-41(56)36(12-8-9-17-46)54-25-35(49-50-54)39(28(2)3)48-43(59)61-26-29-10-6-5-7-11-29/h5-7,10-11,13-16,22-25,28,36,39H,4,8-9,12,17-21,26-27,46H2,1-3H3,(H,47,56)(H,48,59)(H,57,58)/t36-,39-/m0/s1. The van der Waals surface area contributed by atoms with Crippen molar-refractivity contribution in [1.29, 1.82) is 0 Å². The van der Waals surface area contributed by atoms with Gasteiger partial charge >= 0.3 is 18.2 Å². The molecular formula is C44H52FN9O8. The van der Waals surface area contributed by atoms with E-state index in [9.17, 15) is 29.1 Å². The molecule has 2 atom stereocenters. The lowest BCUT2D eigenvalue weighted by molar-refractivity contribution is -0.119. The van der Waals surface area contributed by atoms with Crippen LogP contribution in [0.25, 0.3) is 10.9 Å². The number of hydrogen-bond donors (Lipinski definition) is 4. The number of hydrogen-bond acceptors (Lipinski definition) is 11. The predicted octanol–water partition coefficient (Wildman–Crippen LogP) is 5.84. The second kappa shape index (κ2) is 20.6. The quantitative estimate of drug-likeness (QED) is 0.0812. The molecule has 3 amide bonds. The lowest BCUT2D eigenvalue weighted by atomic mass is 10.0. The highest BCUT2D eigenvalue weighted by Crippen LogP contribution is 2.27. The lowest BCUT2D eigenvalue weighted by Gasteiger charge is -2.35. The van der Waals surface area contributed by atoms with Crippen LogP contribution in [0.2, 0.25) is 0 Å². The van der Waals surface area contributed by atoms with Gasteiger partial charge in [0.15, 0.2) is 0 Å². The van der Waals surface area contributed by atoms with Crippen molar-refractivity contribution in [2.24, 2.45) is 11.7 Å². The number of alkyl carbamates (subject to hydrolysis) is 1. The second-order valence-electron chi connectivity index (χ2n) is 15.4. The van der Waals surface area contributed by atoms with Crippen LogP contribution >= 0.6 is 0 Å². The summed E-state index contributed by atoms with van der Waals surface area (Å²) in [5.74, 6) is -2.41. The van der Waals surface area contributed by atoms with Gasteiger partial charge in [-0.1, -0.05) is 61.5 Å². The van der Waals surface area contributed by atoms with E-state index in [1.165, 1.54) is 15.8 Å². The number of nitrogens with zero attached hydrogens (tertiary/aromatic N) is 6. The number of carboxylic acids is 1. The first kappa shape index (κ1) is 44.7. The molecule has 0 saturated carbocycles. The monoisotopic (exact) mass is 853 g/mol. The van der Waals surface area contributed by atoms with E-state index in [0.29, 0.717) is 67.9 Å². The summed E-state index contributed by atoms with van der Waals surface area (Å²) in [5, 5.41) is 23.9. The molecule has 328 valence electrons. The molecule has 3 aromatic carbocycles. The number of carboxylic acid groups (broad SMARTS) is 1. The second-order valence-corrected chi connectivity index (χ2v) is 15.4. The molecule has 0 radical (unpaired) electrons. The predicted molar refractivity (Wildman–Crippen MR) is 229 cm³/mol. The molecule has 0 unspecified atom stereocenters. The Hall–Kier alpha value is -6.82. The maximum atomic E-state index is 15.3. The molecule has 5 N–H and O–H groups in total. The molecule has 62 heavy (non-hydrogen) atoms. The summed E-state index contributed by atoms with van der Waals surface area (Å²) >= 11 is 0. The van der Waals surface area contributed by atoms with Crippen molar-refractivity contribution in [3.63, 3.8) is 0 Å². The van der Waals surface area contributed by atoms with E-state index in [-0.39, 0.29) is 49.2 Å². The number of benzene rings is 3. The van der Waals surface area contributed by atoms with Crippen LogP contribution in [-0.2, 0) is 34.0 Å². The number of pyridine rings is 1. The average molecular weight is 854 g/mol. The number of ether oxygens (including phenoxy) is 2. The first-order valence-corrected chi connectivity index (χ1v) is 20.6. The summed E-state index contributed by atoms with van der Waals surface area (Å²) in [5.41, 5.74) is 7.80. The van der Waals surface area contributed by atoms with Gasteiger partial charge in [-0.25, -0.2) is 23.5 Å². The third-order valence-corrected chi connectivity index (χ3v) is 10.7. The van der Waals surface area contributed by atoms with Gasteiger partial charge < -0.3 is 45.3 Å². The van der Waals surface area contributed by atoms with Crippen LogP contribution in [-0.4, -0.2) is 86.4 Å². The number of carbonyl (C=O) groups is 4. The van der Waals surface area contributed by atoms with Gasteiger partial charge in [-0.3, -0.25) is 9.59 Å².